The average molecular weight is 790 g/mol. The number of methoxy groups -OCH3 is 1. The van der Waals surface area contributed by atoms with E-state index in [-0.39, 0.29) is 31.4 Å². The van der Waals surface area contributed by atoms with E-state index in [0.717, 1.165) is 43.9 Å². The highest BCUT2D eigenvalue weighted by Gasteiger charge is 2.63. The Kier molecular flexibility index (Phi) is 10.2. The Morgan fingerprint density at radius 2 is 1.82 bits per heavy atom. The van der Waals surface area contributed by atoms with Crippen LogP contribution in [0.4, 0.5) is 4.79 Å². The van der Waals surface area contributed by atoms with Crippen LogP contribution in [0.2, 0.25) is 0 Å². The molecule has 56 heavy (non-hydrogen) atoms. The molecule has 300 valence electrons. The number of alkyl carbamates (subject to hydrolysis) is 1. The van der Waals surface area contributed by atoms with Crippen LogP contribution in [-0.4, -0.2) is 90.3 Å². The van der Waals surface area contributed by atoms with Crippen molar-refractivity contribution >= 4 is 50.8 Å². The van der Waals surface area contributed by atoms with E-state index < -0.39 is 68.2 Å². The molecule has 8 rings (SSSR count). The summed E-state index contributed by atoms with van der Waals surface area (Å²) in [5.74, 6) is -1.17. The number of sulfonamides is 1. The van der Waals surface area contributed by atoms with Crippen LogP contribution in [-0.2, 0) is 29.1 Å². The summed E-state index contributed by atoms with van der Waals surface area (Å²) in [6.07, 6.45) is 13.9. The van der Waals surface area contributed by atoms with Crippen molar-refractivity contribution in [2.45, 2.75) is 125 Å². The fourth-order valence-corrected chi connectivity index (χ4v) is 9.73. The summed E-state index contributed by atoms with van der Waals surface area (Å²) in [6, 6.07) is 5.50. The molecule has 1 aromatic heterocycles. The lowest BCUT2D eigenvalue weighted by atomic mass is 10.0. The van der Waals surface area contributed by atoms with Gasteiger partial charge >= 0.3 is 6.09 Å². The number of amides is 4. The molecule has 6 aliphatic rings. The highest BCUT2D eigenvalue weighted by Crippen LogP contribution is 2.48. The molecule has 7 atom stereocenters. The molecule has 4 fully saturated rings. The summed E-state index contributed by atoms with van der Waals surface area (Å²) in [7, 11) is -2.39. The number of hydrogen-bond acceptors (Lipinski definition) is 10. The Hall–Kier alpha value is -4.66. The zero-order valence-corrected chi connectivity index (χ0v) is 32.8. The first-order chi connectivity index (χ1) is 26.9. The van der Waals surface area contributed by atoms with Gasteiger partial charge in [0.05, 0.1) is 29.5 Å². The Morgan fingerprint density at radius 1 is 1.02 bits per heavy atom. The average Bonchev–Trinajstić information content (AvgIpc) is 4.13. The summed E-state index contributed by atoms with van der Waals surface area (Å²) in [4.78, 5) is 62.6. The second kappa shape index (κ2) is 15.0. The molecule has 3 saturated carbocycles. The number of nitrogens with zero attached hydrogens (tertiary/aromatic N) is 2. The minimum atomic E-state index is -3.99. The quantitative estimate of drug-likeness (QED) is 0.369. The van der Waals surface area contributed by atoms with Crippen molar-refractivity contribution in [1.29, 1.82) is 0 Å². The van der Waals surface area contributed by atoms with Crippen molar-refractivity contribution in [3.8, 4) is 11.6 Å². The van der Waals surface area contributed by atoms with Crippen molar-refractivity contribution in [1.82, 2.24) is 25.2 Å². The van der Waals surface area contributed by atoms with Gasteiger partial charge in [-0.15, -0.1) is 0 Å². The van der Waals surface area contributed by atoms with E-state index in [1.54, 1.807) is 14.0 Å². The van der Waals surface area contributed by atoms with Crippen LogP contribution in [0.3, 0.4) is 0 Å². The molecule has 14 nitrogen and oxygen atoms in total. The molecule has 15 heteroatoms. The van der Waals surface area contributed by atoms with Crippen LogP contribution in [0.15, 0.2) is 42.5 Å². The number of carbonyl (C=O) groups is 4. The third-order valence-corrected chi connectivity index (χ3v) is 14.6. The number of para-hydroxylation sites is 1. The van der Waals surface area contributed by atoms with E-state index in [1.165, 1.54) is 4.90 Å². The van der Waals surface area contributed by atoms with E-state index in [4.69, 9.17) is 19.2 Å². The highest BCUT2D eigenvalue weighted by atomic mass is 32.2. The Labute approximate surface area is 327 Å². The first-order valence-electron chi connectivity index (χ1n) is 20.0. The zero-order chi connectivity index (χ0) is 39.2. The molecule has 4 heterocycles. The van der Waals surface area contributed by atoms with Crippen LogP contribution in [0.25, 0.3) is 17.0 Å². The lowest BCUT2D eigenvalue weighted by Gasteiger charge is -2.30. The molecule has 4 amide bonds. The molecule has 0 radical (unpaired) electrons. The number of allylic oxidation sites excluding steroid dienone is 2. The molecule has 3 aliphatic carbocycles. The van der Waals surface area contributed by atoms with Gasteiger partial charge in [-0.2, -0.15) is 0 Å². The van der Waals surface area contributed by atoms with Crippen molar-refractivity contribution in [3.05, 3.63) is 48.1 Å². The van der Waals surface area contributed by atoms with Gasteiger partial charge in [-0.1, -0.05) is 43.2 Å². The number of carbonyl (C=O) groups excluding carboxylic acids is 4. The largest absolute Gasteiger partial charge is 0.495 e. The molecule has 0 unspecified atom stereocenters. The highest BCUT2D eigenvalue weighted by molar-refractivity contribution is 7.91. The van der Waals surface area contributed by atoms with Gasteiger partial charge in [0.25, 0.3) is 5.91 Å². The predicted octanol–water partition coefficient (Wildman–Crippen LogP) is 4.67. The molecule has 1 aromatic carbocycles. The molecular formula is C41H51N5O9S. The first kappa shape index (κ1) is 38.2. The Morgan fingerprint density at radius 3 is 2.62 bits per heavy atom. The monoisotopic (exact) mass is 789 g/mol. The first-order valence-corrected chi connectivity index (χ1v) is 21.5. The predicted molar refractivity (Wildman–Crippen MR) is 207 cm³/mol. The standard InChI is InChI=1S/C41H51N5O9S/c1-40(19-20-40)56(51,52)45-38(49)41-23-26(41)14-8-4-3-5-10-18-31-37(48)46-24-27(22-32(46)35(47)44-41)54-36-29(34(53-2)28-15-11-12-17-30(28)42-36)16-9-6-7-13-25-21-33(25)55-39(50)43-31/h8-9,11-12,14-17,25-27,31-33H,3-7,10,13,18-24H2,1-2H3,(H,43,50)(H,44,47)(H,45,49)/b14-8-,16-9+/t25-,26-,27+,31+,32-,33-,41-/m1/s1. The normalized spacial score (nSPS) is 32.8. The topological polar surface area (TPSA) is 182 Å². The number of rotatable bonds is 4. The number of ether oxygens (including phenoxy) is 3. The van der Waals surface area contributed by atoms with Crippen molar-refractivity contribution in [3.63, 3.8) is 0 Å². The van der Waals surface area contributed by atoms with Crippen molar-refractivity contribution < 1.29 is 41.8 Å². The van der Waals surface area contributed by atoms with Gasteiger partial charge in [0.1, 0.15) is 35.6 Å². The Bertz CT molecular complexity index is 2080. The SMILES string of the molecule is COc1c2c(nc3ccccc13)O[C@H]1C[C@@H]3C(=O)N[C@]4(C(=O)NS(=O)(=O)C5(C)CC5)C[C@H]4/C=C\CCCCC[C@H](NC(=O)O[C@@H]4C[C@H]4CCC/C=C/2)C(=O)N3C1. The molecular weight excluding hydrogens is 739 g/mol. The summed E-state index contributed by atoms with van der Waals surface area (Å²) < 4.78 is 46.0. The summed E-state index contributed by atoms with van der Waals surface area (Å²) in [5.41, 5.74) is -0.225. The molecule has 0 spiro atoms. The summed E-state index contributed by atoms with van der Waals surface area (Å²) >= 11 is 0. The maximum Gasteiger partial charge on any atom is 0.408 e. The van der Waals surface area contributed by atoms with E-state index in [1.807, 2.05) is 48.6 Å². The third kappa shape index (κ3) is 7.58. The van der Waals surface area contributed by atoms with Crippen LogP contribution >= 0.6 is 0 Å². The minimum Gasteiger partial charge on any atom is -0.495 e. The van der Waals surface area contributed by atoms with Crippen LogP contribution in [0, 0.1) is 11.8 Å². The smallest absolute Gasteiger partial charge is 0.408 e. The van der Waals surface area contributed by atoms with E-state index in [9.17, 15) is 27.6 Å². The van der Waals surface area contributed by atoms with Gasteiger partial charge < -0.3 is 29.7 Å². The van der Waals surface area contributed by atoms with E-state index in [2.05, 4.69) is 15.4 Å². The maximum atomic E-state index is 14.6. The van der Waals surface area contributed by atoms with Crippen molar-refractivity contribution in [2.75, 3.05) is 13.7 Å². The summed E-state index contributed by atoms with van der Waals surface area (Å²) in [6.45, 7) is 1.59. The summed E-state index contributed by atoms with van der Waals surface area (Å²) in [5, 5.41) is 6.56. The number of hydrogen-bond donors (Lipinski definition) is 3. The van der Waals surface area contributed by atoms with Gasteiger partial charge in [0.15, 0.2) is 0 Å². The van der Waals surface area contributed by atoms with E-state index in [0.29, 0.717) is 54.8 Å². The number of pyridine rings is 1. The van der Waals surface area contributed by atoms with Crippen LogP contribution in [0.1, 0.15) is 96.0 Å². The van der Waals surface area contributed by atoms with E-state index >= 15 is 0 Å². The van der Waals surface area contributed by atoms with Crippen LogP contribution < -0.4 is 24.8 Å². The Balaban J connectivity index is 1.15. The number of nitrogens with one attached hydrogen (secondary N) is 3. The molecule has 3 bridgehead atoms. The van der Waals surface area contributed by atoms with Gasteiger partial charge in [-0.3, -0.25) is 19.1 Å². The molecule has 3 N–H and O–H groups in total. The maximum absolute atomic E-state index is 14.6. The van der Waals surface area contributed by atoms with Gasteiger partial charge in [-0.05, 0) is 95.3 Å². The molecule has 2 aromatic rings. The molecule has 1 saturated heterocycles. The second-order valence-corrected chi connectivity index (χ2v) is 18.8. The number of fused-ring (bicyclic) bond motifs is 6. The lowest BCUT2D eigenvalue weighted by Crippen LogP contribution is -2.58. The number of aromatic nitrogens is 1. The zero-order valence-electron chi connectivity index (χ0n) is 32.0. The van der Waals surface area contributed by atoms with Crippen LogP contribution in [0.5, 0.6) is 11.6 Å². The van der Waals surface area contributed by atoms with Crippen molar-refractivity contribution in [2.24, 2.45) is 11.8 Å². The second-order valence-electron chi connectivity index (χ2n) is 16.6. The fourth-order valence-electron chi connectivity index (χ4n) is 8.42. The number of benzene rings is 1. The van der Waals surface area contributed by atoms with Gasteiger partial charge in [0, 0.05) is 17.7 Å². The van der Waals surface area contributed by atoms with Gasteiger partial charge in [-0.25, -0.2) is 18.2 Å². The fraction of sp³-hybridized carbons (Fsp3) is 0.585. The lowest BCUT2D eigenvalue weighted by molar-refractivity contribution is -0.141. The van der Waals surface area contributed by atoms with Gasteiger partial charge in [0.2, 0.25) is 27.7 Å². The minimum absolute atomic E-state index is 0.00984. The third-order valence-electron chi connectivity index (χ3n) is 12.4. The molecule has 3 aliphatic heterocycles.